The number of hydrogen-bond donors (Lipinski definition) is 1. The van der Waals surface area contributed by atoms with Crippen LogP contribution in [0, 0.1) is 17.8 Å². The summed E-state index contributed by atoms with van der Waals surface area (Å²) in [5.74, 6) is 3.02. The van der Waals surface area contributed by atoms with Gasteiger partial charge in [-0.15, -0.1) is 0 Å². The molecule has 2 aliphatic rings. The quantitative estimate of drug-likeness (QED) is 0.861. The monoisotopic (exact) mass is 244 g/mol. The minimum Gasteiger partial charge on any atom is -0.314 e. The fourth-order valence-corrected chi connectivity index (χ4v) is 4.05. The Morgan fingerprint density at radius 3 is 3.00 bits per heavy atom. The van der Waals surface area contributed by atoms with Crippen LogP contribution < -0.4 is 5.32 Å². The molecule has 0 amide bonds. The highest BCUT2D eigenvalue weighted by atomic mass is 14.9. The van der Waals surface area contributed by atoms with Gasteiger partial charge in [-0.3, -0.25) is 4.98 Å². The van der Waals surface area contributed by atoms with E-state index in [1.807, 2.05) is 18.5 Å². The Kier molecular flexibility index (Phi) is 3.64. The summed E-state index contributed by atoms with van der Waals surface area (Å²) in [6, 6.07) is 4.88. The number of rotatable bonds is 5. The summed E-state index contributed by atoms with van der Waals surface area (Å²) in [5, 5.41) is 3.73. The van der Waals surface area contributed by atoms with Crippen molar-refractivity contribution in [2.24, 2.45) is 17.8 Å². The number of aromatic nitrogens is 1. The van der Waals surface area contributed by atoms with Crippen molar-refractivity contribution in [2.45, 2.75) is 45.1 Å². The van der Waals surface area contributed by atoms with Crippen LogP contribution in [0.25, 0.3) is 0 Å². The molecule has 1 aromatic rings. The largest absolute Gasteiger partial charge is 0.314 e. The molecular formula is C16H24N2. The smallest absolute Gasteiger partial charge is 0.0300 e. The fourth-order valence-electron chi connectivity index (χ4n) is 4.05. The Balaban J connectivity index is 1.43. The van der Waals surface area contributed by atoms with Crippen molar-refractivity contribution >= 4 is 0 Å². The first-order valence-corrected chi connectivity index (χ1v) is 7.45. The summed E-state index contributed by atoms with van der Waals surface area (Å²) in [4.78, 5) is 4.16. The van der Waals surface area contributed by atoms with Gasteiger partial charge in [-0.2, -0.15) is 0 Å². The Labute approximate surface area is 110 Å². The molecule has 98 valence electrons. The Morgan fingerprint density at radius 1 is 1.39 bits per heavy atom. The number of pyridine rings is 1. The lowest BCUT2D eigenvalue weighted by Crippen LogP contribution is -2.37. The van der Waals surface area contributed by atoms with Gasteiger partial charge in [0.25, 0.3) is 0 Å². The van der Waals surface area contributed by atoms with E-state index in [0.717, 1.165) is 30.7 Å². The lowest BCUT2D eigenvalue weighted by atomic mass is 9.84. The van der Waals surface area contributed by atoms with Crippen molar-refractivity contribution < 1.29 is 0 Å². The van der Waals surface area contributed by atoms with E-state index in [2.05, 4.69) is 23.3 Å². The third-order valence-electron chi connectivity index (χ3n) is 5.04. The Morgan fingerprint density at radius 2 is 2.33 bits per heavy atom. The summed E-state index contributed by atoms with van der Waals surface area (Å²) in [6.07, 6.45) is 10.9. The molecule has 1 N–H and O–H groups in total. The highest BCUT2D eigenvalue weighted by molar-refractivity contribution is 5.08. The molecule has 1 heterocycles. The zero-order valence-corrected chi connectivity index (χ0v) is 11.3. The third kappa shape index (κ3) is 2.59. The molecule has 18 heavy (non-hydrogen) atoms. The molecule has 2 bridgehead atoms. The molecule has 0 radical (unpaired) electrons. The average Bonchev–Trinajstić information content (AvgIpc) is 3.02. The normalized spacial score (nSPS) is 31.7. The molecule has 0 aromatic carbocycles. The highest BCUT2D eigenvalue weighted by Crippen LogP contribution is 2.49. The minimum absolute atomic E-state index is 0.692. The van der Waals surface area contributed by atoms with Gasteiger partial charge < -0.3 is 5.32 Å². The van der Waals surface area contributed by atoms with Gasteiger partial charge in [0, 0.05) is 18.4 Å². The van der Waals surface area contributed by atoms with Crippen molar-refractivity contribution in [2.75, 3.05) is 6.54 Å². The number of fused-ring (bicyclic) bond motifs is 2. The summed E-state index contributed by atoms with van der Waals surface area (Å²) in [7, 11) is 0. The molecule has 2 heteroatoms. The first kappa shape index (κ1) is 12.2. The maximum Gasteiger partial charge on any atom is 0.0300 e. The first-order chi connectivity index (χ1) is 8.83. The molecule has 1 aromatic heterocycles. The molecule has 2 fully saturated rings. The van der Waals surface area contributed by atoms with E-state index >= 15 is 0 Å². The van der Waals surface area contributed by atoms with Gasteiger partial charge in [-0.1, -0.05) is 12.5 Å². The predicted molar refractivity (Wildman–Crippen MR) is 74.3 cm³/mol. The van der Waals surface area contributed by atoms with Gasteiger partial charge in [0.15, 0.2) is 0 Å². The van der Waals surface area contributed by atoms with E-state index in [4.69, 9.17) is 0 Å². The van der Waals surface area contributed by atoms with E-state index in [1.165, 1.54) is 31.2 Å². The van der Waals surface area contributed by atoms with Gasteiger partial charge in [-0.05, 0) is 68.5 Å². The molecule has 3 rings (SSSR count). The van der Waals surface area contributed by atoms with Crippen LogP contribution in [0.1, 0.15) is 38.2 Å². The van der Waals surface area contributed by atoms with Crippen LogP contribution in [0.4, 0.5) is 0 Å². The standard InChI is InChI=1S/C16H24N2/c1-12(16-10-14-4-5-15(16)9-14)18-8-6-13-3-2-7-17-11-13/h2-3,7,11-12,14-16,18H,4-6,8-10H2,1H3. The second kappa shape index (κ2) is 5.40. The van der Waals surface area contributed by atoms with Gasteiger partial charge in [-0.25, -0.2) is 0 Å². The molecule has 4 atom stereocenters. The van der Waals surface area contributed by atoms with E-state index in [-0.39, 0.29) is 0 Å². The van der Waals surface area contributed by atoms with Crippen molar-refractivity contribution in [1.29, 1.82) is 0 Å². The zero-order chi connectivity index (χ0) is 12.4. The minimum atomic E-state index is 0.692. The van der Waals surface area contributed by atoms with Crippen molar-refractivity contribution in [3.63, 3.8) is 0 Å². The van der Waals surface area contributed by atoms with Crippen molar-refractivity contribution in [3.05, 3.63) is 30.1 Å². The Hall–Kier alpha value is -0.890. The summed E-state index contributed by atoms with van der Waals surface area (Å²) in [6.45, 7) is 3.47. The van der Waals surface area contributed by atoms with E-state index in [0.29, 0.717) is 6.04 Å². The van der Waals surface area contributed by atoms with Gasteiger partial charge in [0.2, 0.25) is 0 Å². The van der Waals surface area contributed by atoms with E-state index in [1.54, 1.807) is 0 Å². The zero-order valence-electron chi connectivity index (χ0n) is 11.3. The summed E-state index contributed by atoms with van der Waals surface area (Å²) < 4.78 is 0. The average molecular weight is 244 g/mol. The maximum atomic E-state index is 4.16. The van der Waals surface area contributed by atoms with Crippen LogP contribution in [0.5, 0.6) is 0 Å². The molecule has 0 aliphatic heterocycles. The van der Waals surface area contributed by atoms with E-state index < -0.39 is 0 Å². The number of nitrogens with zero attached hydrogens (tertiary/aromatic N) is 1. The first-order valence-electron chi connectivity index (χ1n) is 7.45. The van der Waals surface area contributed by atoms with Crippen molar-refractivity contribution in [1.82, 2.24) is 10.3 Å². The van der Waals surface area contributed by atoms with Gasteiger partial charge in [0.05, 0.1) is 0 Å². The molecule has 2 aliphatic carbocycles. The van der Waals surface area contributed by atoms with Crippen LogP contribution in [-0.2, 0) is 6.42 Å². The molecule has 2 nitrogen and oxygen atoms in total. The maximum absolute atomic E-state index is 4.16. The number of nitrogens with one attached hydrogen (secondary N) is 1. The van der Waals surface area contributed by atoms with E-state index in [9.17, 15) is 0 Å². The molecule has 4 unspecified atom stereocenters. The van der Waals surface area contributed by atoms with Crippen LogP contribution >= 0.6 is 0 Å². The predicted octanol–water partition coefficient (Wildman–Crippen LogP) is 3.04. The number of hydrogen-bond acceptors (Lipinski definition) is 2. The molecule has 2 saturated carbocycles. The SMILES string of the molecule is CC(NCCc1cccnc1)C1CC2CCC1C2. The lowest BCUT2D eigenvalue weighted by Gasteiger charge is -2.28. The third-order valence-corrected chi connectivity index (χ3v) is 5.04. The van der Waals surface area contributed by atoms with Gasteiger partial charge in [0.1, 0.15) is 0 Å². The second-order valence-corrected chi connectivity index (χ2v) is 6.19. The van der Waals surface area contributed by atoms with Crippen LogP contribution in [0.2, 0.25) is 0 Å². The van der Waals surface area contributed by atoms with Crippen molar-refractivity contribution in [3.8, 4) is 0 Å². The van der Waals surface area contributed by atoms with Crippen LogP contribution in [0.3, 0.4) is 0 Å². The van der Waals surface area contributed by atoms with Crippen LogP contribution in [-0.4, -0.2) is 17.6 Å². The topological polar surface area (TPSA) is 24.9 Å². The van der Waals surface area contributed by atoms with Gasteiger partial charge >= 0.3 is 0 Å². The molecular weight excluding hydrogens is 220 g/mol. The second-order valence-electron chi connectivity index (χ2n) is 6.19. The van der Waals surface area contributed by atoms with Crippen LogP contribution in [0.15, 0.2) is 24.5 Å². The lowest BCUT2D eigenvalue weighted by molar-refractivity contribution is 0.261. The molecule has 0 spiro atoms. The summed E-state index contributed by atoms with van der Waals surface area (Å²) in [5.41, 5.74) is 1.34. The highest BCUT2D eigenvalue weighted by Gasteiger charge is 2.41. The summed E-state index contributed by atoms with van der Waals surface area (Å²) >= 11 is 0. The Bertz CT molecular complexity index is 376. The molecule has 0 saturated heterocycles. The fraction of sp³-hybridized carbons (Fsp3) is 0.688.